The first kappa shape index (κ1) is 12.5. The highest BCUT2D eigenvalue weighted by Crippen LogP contribution is 2.29. The lowest BCUT2D eigenvalue weighted by atomic mass is 9.89. The van der Waals surface area contributed by atoms with Crippen molar-refractivity contribution in [1.82, 2.24) is 9.97 Å². The molecule has 0 radical (unpaired) electrons. The molecule has 4 nitrogen and oxygen atoms in total. The first-order valence-electron chi connectivity index (χ1n) is 6.71. The van der Waals surface area contributed by atoms with Crippen molar-refractivity contribution in [1.29, 1.82) is 5.26 Å². The molecule has 0 spiro atoms. The standard InChI is InChI=1S/C16H16N4/c1-10-4-2-3-5-11(10)6-15-14-9-19-8-13(14)12(7-17)16(18)20-15/h2-3,5,8-10,19H,4,6,18H2,1H3. The lowest BCUT2D eigenvalue weighted by Gasteiger charge is -2.17. The van der Waals surface area contributed by atoms with E-state index in [0.717, 1.165) is 29.3 Å². The number of H-pyrrole nitrogens is 1. The number of nitrogens with two attached hydrogens (primary N) is 1. The molecule has 1 aliphatic carbocycles. The SMILES string of the molecule is CC1CC=CC=C1Cc1nc(N)c(C#N)c2c[nH]cc12. The Hall–Kier alpha value is -2.54. The van der Waals surface area contributed by atoms with Crippen molar-refractivity contribution in [3.05, 3.63) is 47.5 Å². The number of nitrogen functional groups attached to an aromatic ring is 1. The average molecular weight is 264 g/mol. The summed E-state index contributed by atoms with van der Waals surface area (Å²) in [7, 11) is 0. The van der Waals surface area contributed by atoms with E-state index < -0.39 is 0 Å². The largest absolute Gasteiger partial charge is 0.383 e. The Kier molecular flexibility index (Phi) is 3.03. The van der Waals surface area contributed by atoms with Crippen molar-refractivity contribution >= 4 is 16.6 Å². The maximum atomic E-state index is 9.18. The number of nitrogens with zero attached hydrogens (tertiary/aromatic N) is 2. The van der Waals surface area contributed by atoms with Crippen molar-refractivity contribution in [2.75, 3.05) is 5.73 Å². The predicted octanol–water partition coefficient (Wildman–Crippen LogP) is 3.08. The zero-order valence-electron chi connectivity index (χ0n) is 11.4. The summed E-state index contributed by atoms with van der Waals surface area (Å²) in [5, 5.41) is 11.0. The topological polar surface area (TPSA) is 78.5 Å². The lowest BCUT2D eigenvalue weighted by molar-refractivity contribution is 0.664. The van der Waals surface area contributed by atoms with Crippen LogP contribution in [-0.2, 0) is 6.42 Å². The van der Waals surface area contributed by atoms with Gasteiger partial charge in [0.1, 0.15) is 17.5 Å². The second kappa shape index (κ2) is 4.86. The Morgan fingerprint density at radius 2 is 2.25 bits per heavy atom. The molecule has 3 N–H and O–H groups in total. The second-order valence-corrected chi connectivity index (χ2v) is 5.20. The first-order valence-corrected chi connectivity index (χ1v) is 6.71. The van der Waals surface area contributed by atoms with E-state index in [1.54, 1.807) is 0 Å². The molecule has 0 aromatic carbocycles. The van der Waals surface area contributed by atoms with Gasteiger partial charge in [0, 0.05) is 29.6 Å². The third-order valence-corrected chi connectivity index (χ3v) is 3.89. The van der Waals surface area contributed by atoms with E-state index in [2.05, 4.69) is 41.2 Å². The predicted molar refractivity (Wildman–Crippen MR) is 79.9 cm³/mol. The number of aromatic nitrogens is 2. The van der Waals surface area contributed by atoms with Gasteiger partial charge in [0.2, 0.25) is 0 Å². The molecule has 1 aliphatic rings. The molecular weight excluding hydrogens is 248 g/mol. The van der Waals surface area contributed by atoms with Crippen LogP contribution >= 0.6 is 0 Å². The summed E-state index contributed by atoms with van der Waals surface area (Å²) in [4.78, 5) is 7.49. The molecule has 1 unspecified atom stereocenters. The summed E-state index contributed by atoms with van der Waals surface area (Å²) in [5.74, 6) is 0.835. The molecule has 2 aromatic heterocycles. The lowest BCUT2D eigenvalue weighted by Crippen LogP contribution is -2.07. The summed E-state index contributed by atoms with van der Waals surface area (Å²) in [5.41, 5.74) is 8.66. The summed E-state index contributed by atoms with van der Waals surface area (Å²) in [6.07, 6.45) is 12.0. The van der Waals surface area contributed by atoms with E-state index >= 15 is 0 Å². The number of pyridine rings is 1. The molecule has 0 amide bonds. The van der Waals surface area contributed by atoms with E-state index in [9.17, 15) is 5.26 Å². The van der Waals surface area contributed by atoms with E-state index in [1.165, 1.54) is 5.57 Å². The van der Waals surface area contributed by atoms with E-state index in [1.807, 2.05) is 12.4 Å². The van der Waals surface area contributed by atoms with Crippen LogP contribution in [0.4, 0.5) is 5.82 Å². The summed E-state index contributed by atoms with van der Waals surface area (Å²) < 4.78 is 0. The van der Waals surface area contributed by atoms with Gasteiger partial charge >= 0.3 is 0 Å². The third kappa shape index (κ3) is 1.97. The maximum Gasteiger partial charge on any atom is 0.142 e. The van der Waals surface area contributed by atoms with Gasteiger partial charge < -0.3 is 10.7 Å². The molecule has 4 heteroatoms. The highest BCUT2D eigenvalue weighted by molar-refractivity contribution is 5.92. The molecule has 0 fully saturated rings. The number of aromatic amines is 1. The minimum atomic E-state index is 0.314. The van der Waals surface area contributed by atoms with Crippen molar-refractivity contribution in [3.8, 4) is 6.07 Å². The monoisotopic (exact) mass is 264 g/mol. The van der Waals surface area contributed by atoms with Gasteiger partial charge in [-0.15, -0.1) is 0 Å². The minimum Gasteiger partial charge on any atom is -0.383 e. The molecule has 1 atom stereocenters. The number of hydrogen-bond donors (Lipinski definition) is 2. The van der Waals surface area contributed by atoms with Crippen molar-refractivity contribution in [2.24, 2.45) is 5.92 Å². The maximum absolute atomic E-state index is 9.18. The Morgan fingerprint density at radius 3 is 3.00 bits per heavy atom. The summed E-state index contributed by atoms with van der Waals surface area (Å²) in [6.45, 7) is 2.22. The molecule has 0 saturated carbocycles. The van der Waals surface area contributed by atoms with E-state index in [4.69, 9.17) is 5.73 Å². The van der Waals surface area contributed by atoms with Crippen molar-refractivity contribution < 1.29 is 0 Å². The average Bonchev–Trinajstić information content (AvgIpc) is 2.91. The highest BCUT2D eigenvalue weighted by Gasteiger charge is 2.16. The fourth-order valence-electron chi connectivity index (χ4n) is 2.68. The number of nitrogens with one attached hydrogen (secondary N) is 1. The van der Waals surface area contributed by atoms with Gasteiger partial charge in [0.25, 0.3) is 0 Å². The zero-order valence-corrected chi connectivity index (χ0v) is 11.4. The van der Waals surface area contributed by atoms with Crippen LogP contribution in [0, 0.1) is 17.2 Å². The molecule has 0 saturated heterocycles. The van der Waals surface area contributed by atoms with Crippen LogP contribution in [0.5, 0.6) is 0 Å². The molecule has 2 heterocycles. The van der Waals surface area contributed by atoms with Crippen LogP contribution in [0.1, 0.15) is 24.6 Å². The Balaban J connectivity index is 2.09. The molecule has 20 heavy (non-hydrogen) atoms. The minimum absolute atomic E-state index is 0.314. The van der Waals surface area contributed by atoms with Crippen LogP contribution in [0.2, 0.25) is 0 Å². The smallest absolute Gasteiger partial charge is 0.142 e. The highest BCUT2D eigenvalue weighted by atomic mass is 14.9. The first-order chi connectivity index (χ1) is 9.70. The van der Waals surface area contributed by atoms with Gasteiger partial charge in [-0.2, -0.15) is 5.26 Å². The molecule has 2 aromatic rings. The Bertz CT molecular complexity index is 759. The number of allylic oxidation sites excluding steroid dienone is 4. The van der Waals surface area contributed by atoms with Gasteiger partial charge in [0.15, 0.2) is 0 Å². The molecule has 100 valence electrons. The summed E-state index contributed by atoms with van der Waals surface area (Å²) >= 11 is 0. The molecule has 0 aliphatic heterocycles. The second-order valence-electron chi connectivity index (χ2n) is 5.20. The third-order valence-electron chi connectivity index (χ3n) is 3.89. The molecular formula is C16H16N4. The number of fused-ring (bicyclic) bond motifs is 1. The van der Waals surface area contributed by atoms with E-state index in [0.29, 0.717) is 17.3 Å². The number of hydrogen-bond acceptors (Lipinski definition) is 3. The van der Waals surface area contributed by atoms with E-state index in [-0.39, 0.29) is 0 Å². The number of anilines is 1. The Labute approximate surface area is 117 Å². The van der Waals surface area contributed by atoms with Crippen molar-refractivity contribution in [2.45, 2.75) is 19.8 Å². The van der Waals surface area contributed by atoms with Crippen LogP contribution in [-0.4, -0.2) is 9.97 Å². The number of nitriles is 1. The fourth-order valence-corrected chi connectivity index (χ4v) is 2.68. The van der Waals surface area contributed by atoms with Gasteiger partial charge in [-0.25, -0.2) is 4.98 Å². The quantitative estimate of drug-likeness (QED) is 0.874. The van der Waals surface area contributed by atoms with Gasteiger partial charge in [-0.3, -0.25) is 0 Å². The van der Waals surface area contributed by atoms with Crippen molar-refractivity contribution in [3.63, 3.8) is 0 Å². The van der Waals surface area contributed by atoms with Crippen LogP contribution in [0.15, 0.2) is 36.2 Å². The fraction of sp³-hybridized carbons (Fsp3) is 0.250. The van der Waals surface area contributed by atoms with Gasteiger partial charge in [0.05, 0.1) is 5.69 Å². The van der Waals surface area contributed by atoms with Gasteiger partial charge in [-0.1, -0.05) is 30.7 Å². The molecule has 0 bridgehead atoms. The Morgan fingerprint density at radius 1 is 1.45 bits per heavy atom. The normalized spacial score (nSPS) is 18.0. The summed E-state index contributed by atoms with van der Waals surface area (Å²) in [6, 6.07) is 2.13. The van der Waals surface area contributed by atoms with Crippen LogP contribution in [0.3, 0.4) is 0 Å². The van der Waals surface area contributed by atoms with Crippen LogP contribution < -0.4 is 5.73 Å². The molecule has 3 rings (SSSR count). The van der Waals surface area contributed by atoms with Crippen LogP contribution in [0.25, 0.3) is 10.8 Å². The number of rotatable bonds is 2. The zero-order chi connectivity index (χ0) is 14.1. The van der Waals surface area contributed by atoms with Gasteiger partial charge in [-0.05, 0) is 12.3 Å².